The third-order valence-corrected chi connectivity index (χ3v) is 4.70. The molecule has 1 saturated heterocycles. The third-order valence-electron chi connectivity index (χ3n) is 4.70. The van der Waals surface area contributed by atoms with Crippen molar-refractivity contribution in [1.82, 2.24) is 9.88 Å². The summed E-state index contributed by atoms with van der Waals surface area (Å²) in [6.45, 7) is 3.13. The van der Waals surface area contributed by atoms with Gasteiger partial charge in [-0.2, -0.15) is 0 Å². The third kappa shape index (κ3) is 4.30. The lowest BCUT2D eigenvalue weighted by Crippen LogP contribution is -2.32. The normalized spacial score (nSPS) is 18.3. The summed E-state index contributed by atoms with van der Waals surface area (Å²) in [5, 5.41) is 10.9. The molecule has 152 valence electrons. The van der Waals surface area contributed by atoms with Gasteiger partial charge in [-0.1, -0.05) is 19.1 Å². The van der Waals surface area contributed by atoms with E-state index in [9.17, 15) is 14.7 Å². The Morgan fingerprint density at radius 2 is 1.79 bits per heavy atom. The van der Waals surface area contributed by atoms with Gasteiger partial charge < -0.3 is 19.5 Å². The molecule has 1 aromatic carbocycles. The topological polar surface area (TPSA) is 89.0 Å². The molecule has 1 atom stereocenters. The minimum absolute atomic E-state index is 0.0551. The summed E-state index contributed by atoms with van der Waals surface area (Å²) in [5.41, 5.74) is 1.19. The maximum absolute atomic E-state index is 12.8. The van der Waals surface area contributed by atoms with E-state index in [2.05, 4.69) is 4.98 Å². The zero-order chi connectivity index (χ0) is 20.8. The number of likely N-dealkylation sites (tertiary alicyclic amines) is 1. The zero-order valence-corrected chi connectivity index (χ0v) is 16.5. The highest BCUT2D eigenvalue weighted by Gasteiger charge is 2.45. The fraction of sp³-hybridized carbons (Fsp3) is 0.318. The number of pyridine rings is 1. The van der Waals surface area contributed by atoms with Crippen LogP contribution in [0, 0.1) is 0 Å². The molecule has 29 heavy (non-hydrogen) atoms. The number of aliphatic hydroxyl groups is 1. The molecule has 1 aliphatic rings. The molecular weight excluding hydrogens is 372 g/mol. The van der Waals surface area contributed by atoms with Crippen molar-refractivity contribution in [3.63, 3.8) is 0 Å². The van der Waals surface area contributed by atoms with E-state index in [4.69, 9.17) is 9.47 Å². The molecule has 2 aromatic rings. The van der Waals surface area contributed by atoms with Crippen LogP contribution in [0.25, 0.3) is 5.76 Å². The van der Waals surface area contributed by atoms with E-state index in [0.29, 0.717) is 23.5 Å². The lowest BCUT2D eigenvalue weighted by molar-refractivity contribution is -0.140. The molecule has 0 saturated carbocycles. The fourth-order valence-corrected chi connectivity index (χ4v) is 3.28. The number of hydrogen-bond acceptors (Lipinski definition) is 6. The number of ether oxygens (including phenoxy) is 2. The summed E-state index contributed by atoms with van der Waals surface area (Å²) in [6.07, 6.45) is 3.93. The average molecular weight is 396 g/mol. The lowest BCUT2D eigenvalue weighted by atomic mass is 9.95. The minimum atomic E-state index is -0.716. The summed E-state index contributed by atoms with van der Waals surface area (Å²) < 4.78 is 10.7. The number of aromatic nitrogens is 1. The second kappa shape index (κ2) is 9.34. The molecule has 7 nitrogen and oxygen atoms in total. The number of ketones is 1. The molecule has 1 fully saturated rings. The van der Waals surface area contributed by atoms with Gasteiger partial charge in [-0.15, -0.1) is 0 Å². The average Bonchev–Trinajstić information content (AvgIpc) is 3.01. The highest BCUT2D eigenvalue weighted by molar-refractivity contribution is 6.46. The lowest BCUT2D eigenvalue weighted by Gasteiger charge is -2.25. The monoisotopic (exact) mass is 396 g/mol. The first-order valence-corrected chi connectivity index (χ1v) is 9.49. The first-order valence-electron chi connectivity index (χ1n) is 9.49. The van der Waals surface area contributed by atoms with E-state index in [1.807, 2.05) is 6.92 Å². The second-order valence-corrected chi connectivity index (χ2v) is 6.64. The number of rotatable bonds is 8. The van der Waals surface area contributed by atoms with Crippen molar-refractivity contribution < 1.29 is 24.2 Å². The van der Waals surface area contributed by atoms with Gasteiger partial charge in [0.1, 0.15) is 11.5 Å². The minimum Gasteiger partial charge on any atom is -0.507 e. The molecule has 0 bridgehead atoms. The Morgan fingerprint density at radius 1 is 1.10 bits per heavy atom. The highest BCUT2D eigenvalue weighted by Crippen LogP contribution is 2.39. The molecule has 1 N–H and O–H groups in total. The number of nitrogens with zero attached hydrogens (tertiary/aromatic N) is 2. The van der Waals surface area contributed by atoms with Crippen LogP contribution in [-0.4, -0.2) is 53.5 Å². The Bertz CT molecular complexity index is 893. The fourth-order valence-electron chi connectivity index (χ4n) is 3.28. The van der Waals surface area contributed by atoms with Crippen molar-refractivity contribution in [2.45, 2.75) is 19.4 Å². The molecule has 0 radical (unpaired) electrons. The number of Topliss-reactive ketones (excluding diaryl/α,β-unsaturated/α-hetero) is 1. The van der Waals surface area contributed by atoms with Gasteiger partial charge in [0, 0.05) is 31.6 Å². The predicted molar refractivity (Wildman–Crippen MR) is 107 cm³/mol. The van der Waals surface area contributed by atoms with Crippen LogP contribution >= 0.6 is 0 Å². The molecule has 1 aliphatic heterocycles. The standard InChI is InChI=1S/C22H24N2O5/c1-3-13-29-17-6-4-15(5-7-17)19-18(20(25)16-8-10-23-11-9-16)21(26)22(27)24(19)12-14-28-2/h4-11,19,25H,3,12-14H2,1-2H3/b20-18+. The molecule has 1 amide bonds. The summed E-state index contributed by atoms with van der Waals surface area (Å²) in [4.78, 5) is 30.8. The Balaban J connectivity index is 2.05. The van der Waals surface area contributed by atoms with Crippen molar-refractivity contribution in [3.05, 3.63) is 65.5 Å². The number of methoxy groups -OCH3 is 1. The Labute approximate surface area is 169 Å². The molecule has 1 aromatic heterocycles. The van der Waals surface area contributed by atoms with Gasteiger partial charge in [0.15, 0.2) is 0 Å². The van der Waals surface area contributed by atoms with Gasteiger partial charge in [-0.3, -0.25) is 14.6 Å². The first-order chi connectivity index (χ1) is 14.1. The first kappa shape index (κ1) is 20.5. The Morgan fingerprint density at radius 3 is 2.41 bits per heavy atom. The van der Waals surface area contributed by atoms with Crippen molar-refractivity contribution in [1.29, 1.82) is 0 Å². The molecular formula is C22H24N2O5. The summed E-state index contributed by atoms with van der Waals surface area (Å²) in [6, 6.07) is 9.69. The second-order valence-electron chi connectivity index (χ2n) is 6.64. The molecule has 2 heterocycles. The smallest absolute Gasteiger partial charge is 0.295 e. The SMILES string of the molecule is CCCOc1ccc(C2/C(=C(\O)c3ccncc3)C(=O)C(=O)N2CCOC)cc1. The van der Waals surface area contributed by atoms with Gasteiger partial charge in [-0.05, 0) is 36.2 Å². The van der Waals surface area contributed by atoms with Crippen LogP contribution in [0.3, 0.4) is 0 Å². The van der Waals surface area contributed by atoms with Crippen LogP contribution in [0.4, 0.5) is 0 Å². The van der Waals surface area contributed by atoms with E-state index in [0.717, 1.165) is 6.42 Å². The Kier molecular flexibility index (Phi) is 6.61. The zero-order valence-electron chi connectivity index (χ0n) is 16.5. The molecule has 3 rings (SSSR count). The van der Waals surface area contributed by atoms with Gasteiger partial charge in [0.25, 0.3) is 11.7 Å². The summed E-state index contributed by atoms with van der Waals surface area (Å²) in [7, 11) is 1.53. The largest absolute Gasteiger partial charge is 0.507 e. The predicted octanol–water partition coefficient (Wildman–Crippen LogP) is 2.94. The van der Waals surface area contributed by atoms with Crippen molar-refractivity contribution in [2.24, 2.45) is 0 Å². The molecule has 7 heteroatoms. The molecule has 1 unspecified atom stereocenters. The van der Waals surface area contributed by atoms with E-state index < -0.39 is 17.7 Å². The van der Waals surface area contributed by atoms with Gasteiger partial charge >= 0.3 is 0 Å². The van der Waals surface area contributed by atoms with E-state index in [-0.39, 0.29) is 24.5 Å². The summed E-state index contributed by atoms with van der Waals surface area (Å²) >= 11 is 0. The van der Waals surface area contributed by atoms with Crippen LogP contribution in [0.5, 0.6) is 5.75 Å². The summed E-state index contributed by atoms with van der Waals surface area (Å²) in [5.74, 6) is -0.888. The van der Waals surface area contributed by atoms with E-state index in [1.54, 1.807) is 36.4 Å². The van der Waals surface area contributed by atoms with E-state index >= 15 is 0 Å². The maximum Gasteiger partial charge on any atom is 0.295 e. The highest BCUT2D eigenvalue weighted by atomic mass is 16.5. The van der Waals surface area contributed by atoms with Crippen LogP contribution < -0.4 is 4.74 Å². The van der Waals surface area contributed by atoms with Crippen LogP contribution in [0.15, 0.2) is 54.4 Å². The maximum atomic E-state index is 12.8. The number of carbonyl (C=O) groups excluding carboxylic acids is 2. The molecule has 0 spiro atoms. The van der Waals surface area contributed by atoms with Crippen molar-refractivity contribution in [2.75, 3.05) is 26.9 Å². The van der Waals surface area contributed by atoms with Gasteiger partial charge in [0.05, 0.1) is 24.8 Å². The number of hydrogen-bond donors (Lipinski definition) is 1. The van der Waals surface area contributed by atoms with Gasteiger partial charge in [0.2, 0.25) is 0 Å². The number of aliphatic hydroxyl groups excluding tert-OH is 1. The number of amides is 1. The number of carbonyl (C=O) groups is 2. The van der Waals surface area contributed by atoms with Crippen LogP contribution in [-0.2, 0) is 14.3 Å². The van der Waals surface area contributed by atoms with Crippen molar-refractivity contribution >= 4 is 17.4 Å². The van der Waals surface area contributed by atoms with Crippen molar-refractivity contribution in [3.8, 4) is 5.75 Å². The van der Waals surface area contributed by atoms with Crippen LogP contribution in [0.2, 0.25) is 0 Å². The quantitative estimate of drug-likeness (QED) is 0.419. The van der Waals surface area contributed by atoms with Gasteiger partial charge in [-0.25, -0.2) is 0 Å². The molecule has 0 aliphatic carbocycles. The number of benzene rings is 1. The Hall–Kier alpha value is -3.19. The van der Waals surface area contributed by atoms with E-state index in [1.165, 1.54) is 24.4 Å². The van der Waals surface area contributed by atoms with Crippen LogP contribution in [0.1, 0.15) is 30.5 Å².